The van der Waals surface area contributed by atoms with Crippen molar-refractivity contribution < 1.29 is 24.2 Å². The second kappa shape index (κ2) is 16.8. The maximum absolute atomic E-state index is 11.8. The van der Waals surface area contributed by atoms with Gasteiger partial charge in [0.2, 0.25) is 0 Å². The fourth-order valence-corrected chi connectivity index (χ4v) is 3.01. The summed E-state index contributed by atoms with van der Waals surface area (Å²) in [6.07, 6.45) is 14.0. The van der Waals surface area contributed by atoms with Crippen molar-refractivity contribution in [1.29, 1.82) is 0 Å². The Kier molecular flexibility index (Phi) is 15.9. The van der Waals surface area contributed by atoms with Gasteiger partial charge in [-0.15, -0.1) is 0 Å². The van der Waals surface area contributed by atoms with Gasteiger partial charge in [-0.05, 0) is 12.3 Å². The van der Waals surface area contributed by atoms with Crippen molar-refractivity contribution >= 4 is 17.9 Å². The Hall–Kier alpha value is -1.39. The molecule has 0 bridgehead atoms. The Morgan fingerprint density at radius 2 is 1.15 bits per heavy atom. The lowest BCUT2D eigenvalue weighted by Gasteiger charge is -2.10. The summed E-state index contributed by atoms with van der Waals surface area (Å²) in [5.41, 5.74) is 0. The Labute approximate surface area is 165 Å². The van der Waals surface area contributed by atoms with Gasteiger partial charge in [-0.3, -0.25) is 14.4 Å². The van der Waals surface area contributed by atoms with Crippen molar-refractivity contribution in [2.45, 2.75) is 111 Å². The number of carbonyl (C=O) groups is 3. The zero-order chi connectivity index (χ0) is 20.5. The molecular formula is C22H40O5. The maximum Gasteiger partial charge on any atom is 0.316 e. The zero-order valence-electron chi connectivity index (χ0n) is 17.6. The van der Waals surface area contributed by atoms with E-state index in [1.807, 2.05) is 0 Å². The van der Waals surface area contributed by atoms with E-state index in [0.717, 1.165) is 18.8 Å². The van der Waals surface area contributed by atoms with Crippen LogP contribution in [-0.4, -0.2) is 23.0 Å². The van der Waals surface area contributed by atoms with E-state index < -0.39 is 17.9 Å². The minimum Gasteiger partial charge on any atom is -0.481 e. The predicted molar refractivity (Wildman–Crippen MR) is 107 cm³/mol. The fourth-order valence-electron chi connectivity index (χ4n) is 3.01. The summed E-state index contributed by atoms with van der Waals surface area (Å²) < 4.78 is 4.68. The van der Waals surface area contributed by atoms with Gasteiger partial charge in [0.1, 0.15) is 0 Å². The number of carboxylic acid groups (broad SMARTS) is 1. The molecule has 0 aromatic heterocycles. The number of carboxylic acids is 1. The van der Waals surface area contributed by atoms with Crippen molar-refractivity contribution in [2.24, 2.45) is 11.8 Å². The van der Waals surface area contributed by atoms with Crippen LogP contribution in [0.4, 0.5) is 0 Å². The Balaban J connectivity index is 3.47. The number of rotatable bonds is 17. The van der Waals surface area contributed by atoms with E-state index in [0.29, 0.717) is 6.42 Å². The van der Waals surface area contributed by atoms with E-state index >= 15 is 0 Å². The van der Waals surface area contributed by atoms with Crippen molar-refractivity contribution in [3.63, 3.8) is 0 Å². The van der Waals surface area contributed by atoms with E-state index in [1.54, 1.807) is 6.92 Å². The van der Waals surface area contributed by atoms with Crippen molar-refractivity contribution in [1.82, 2.24) is 0 Å². The average molecular weight is 385 g/mol. The topological polar surface area (TPSA) is 80.7 Å². The van der Waals surface area contributed by atoms with Crippen LogP contribution in [0.1, 0.15) is 111 Å². The number of unbranched alkanes of at least 4 members (excludes halogenated alkanes) is 9. The van der Waals surface area contributed by atoms with Crippen molar-refractivity contribution in [3.05, 3.63) is 0 Å². The van der Waals surface area contributed by atoms with Gasteiger partial charge in [-0.2, -0.15) is 0 Å². The molecule has 0 heterocycles. The molecule has 1 atom stereocenters. The smallest absolute Gasteiger partial charge is 0.316 e. The van der Waals surface area contributed by atoms with Crippen LogP contribution in [0.25, 0.3) is 0 Å². The minimum atomic E-state index is -1.07. The molecule has 27 heavy (non-hydrogen) atoms. The Bertz CT molecular complexity index is 417. The average Bonchev–Trinajstić information content (AvgIpc) is 2.60. The normalized spacial score (nSPS) is 12.1. The van der Waals surface area contributed by atoms with Crippen LogP contribution in [0, 0.1) is 11.8 Å². The molecule has 0 spiro atoms. The zero-order valence-corrected chi connectivity index (χ0v) is 17.6. The second-order valence-corrected chi connectivity index (χ2v) is 8.09. The third-order valence-corrected chi connectivity index (χ3v) is 4.83. The van der Waals surface area contributed by atoms with Crippen LogP contribution in [0.15, 0.2) is 0 Å². The summed E-state index contributed by atoms with van der Waals surface area (Å²) in [5.74, 6) is -1.85. The van der Waals surface area contributed by atoms with Gasteiger partial charge in [0.25, 0.3) is 0 Å². The highest BCUT2D eigenvalue weighted by molar-refractivity contribution is 5.87. The number of ether oxygens (including phenoxy) is 1. The molecule has 158 valence electrons. The molecule has 1 N–H and O–H groups in total. The third kappa shape index (κ3) is 17.8. The third-order valence-electron chi connectivity index (χ3n) is 4.83. The quantitative estimate of drug-likeness (QED) is 0.192. The maximum atomic E-state index is 11.8. The molecule has 0 aromatic carbocycles. The lowest BCUT2D eigenvalue weighted by atomic mass is 10.0. The molecule has 0 rings (SSSR count). The highest BCUT2D eigenvalue weighted by Crippen LogP contribution is 2.16. The lowest BCUT2D eigenvalue weighted by Crippen LogP contribution is -2.19. The molecular weight excluding hydrogens is 344 g/mol. The molecule has 0 amide bonds. The van der Waals surface area contributed by atoms with E-state index in [1.165, 1.54) is 57.8 Å². The highest BCUT2D eigenvalue weighted by Gasteiger charge is 2.18. The number of carbonyl (C=O) groups excluding carboxylic acids is 2. The first-order chi connectivity index (χ1) is 12.8. The SMILES string of the molecule is CC(C)CCCCCCCCCCCCC(C)C(=O)OC(=O)CCC(=O)O. The summed E-state index contributed by atoms with van der Waals surface area (Å²) in [7, 11) is 0. The monoisotopic (exact) mass is 384 g/mol. The fraction of sp³-hybridized carbons (Fsp3) is 0.864. The molecule has 0 fully saturated rings. The highest BCUT2D eigenvalue weighted by atomic mass is 16.6. The molecule has 0 saturated heterocycles. The van der Waals surface area contributed by atoms with E-state index in [9.17, 15) is 14.4 Å². The van der Waals surface area contributed by atoms with Gasteiger partial charge in [-0.1, -0.05) is 91.4 Å². The van der Waals surface area contributed by atoms with Gasteiger partial charge in [0.05, 0.1) is 18.8 Å². The Morgan fingerprint density at radius 1 is 0.704 bits per heavy atom. The van der Waals surface area contributed by atoms with Crippen LogP contribution in [0.2, 0.25) is 0 Å². The number of hydrogen-bond donors (Lipinski definition) is 1. The van der Waals surface area contributed by atoms with Crippen LogP contribution >= 0.6 is 0 Å². The van der Waals surface area contributed by atoms with Crippen molar-refractivity contribution in [2.75, 3.05) is 0 Å². The first-order valence-corrected chi connectivity index (χ1v) is 10.8. The summed E-state index contributed by atoms with van der Waals surface area (Å²) in [6, 6.07) is 0. The Morgan fingerprint density at radius 3 is 1.59 bits per heavy atom. The van der Waals surface area contributed by atoms with Gasteiger partial charge in [-0.25, -0.2) is 0 Å². The molecule has 1 unspecified atom stereocenters. The van der Waals surface area contributed by atoms with Gasteiger partial charge in [0.15, 0.2) is 0 Å². The summed E-state index contributed by atoms with van der Waals surface area (Å²) in [5, 5.41) is 8.50. The van der Waals surface area contributed by atoms with Gasteiger partial charge >= 0.3 is 17.9 Å². The summed E-state index contributed by atoms with van der Waals surface area (Å²) >= 11 is 0. The standard InChI is InChI=1S/C22H40O5/c1-18(2)14-12-10-8-6-4-5-7-9-11-13-15-19(3)22(26)27-21(25)17-16-20(23)24/h18-19H,4-17H2,1-3H3,(H,23,24). The van der Waals surface area contributed by atoms with E-state index in [2.05, 4.69) is 18.6 Å². The lowest BCUT2D eigenvalue weighted by molar-refractivity contribution is -0.163. The van der Waals surface area contributed by atoms with Gasteiger partial charge < -0.3 is 9.84 Å². The summed E-state index contributed by atoms with van der Waals surface area (Å²) in [4.78, 5) is 33.5. The number of hydrogen-bond acceptors (Lipinski definition) is 4. The number of esters is 2. The van der Waals surface area contributed by atoms with Crippen LogP contribution in [0.3, 0.4) is 0 Å². The summed E-state index contributed by atoms with van der Waals surface area (Å²) in [6.45, 7) is 6.32. The molecule has 0 radical (unpaired) electrons. The molecule has 0 aromatic rings. The first-order valence-electron chi connectivity index (χ1n) is 10.8. The van der Waals surface area contributed by atoms with Crippen LogP contribution < -0.4 is 0 Å². The number of aliphatic carboxylic acids is 1. The van der Waals surface area contributed by atoms with E-state index in [4.69, 9.17) is 5.11 Å². The van der Waals surface area contributed by atoms with E-state index in [-0.39, 0.29) is 18.8 Å². The molecule has 5 heteroatoms. The van der Waals surface area contributed by atoms with Gasteiger partial charge in [0, 0.05) is 0 Å². The molecule has 0 aliphatic heterocycles. The van der Waals surface area contributed by atoms with Crippen LogP contribution in [0.5, 0.6) is 0 Å². The minimum absolute atomic E-state index is 0.258. The van der Waals surface area contributed by atoms with Crippen molar-refractivity contribution in [3.8, 4) is 0 Å². The second-order valence-electron chi connectivity index (χ2n) is 8.09. The first kappa shape index (κ1) is 25.6. The molecule has 0 saturated carbocycles. The molecule has 0 aliphatic rings. The molecule has 0 aliphatic carbocycles. The largest absolute Gasteiger partial charge is 0.481 e. The predicted octanol–water partition coefficient (Wildman–Crippen LogP) is 5.89. The van der Waals surface area contributed by atoms with Crippen LogP contribution in [-0.2, 0) is 19.1 Å². The molecule has 5 nitrogen and oxygen atoms in total.